The Morgan fingerprint density at radius 1 is 1.05 bits per heavy atom. The number of nitrogens with two attached hydrogens (primary N) is 1. The molecule has 0 aliphatic heterocycles. The lowest BCUT2D eigenvalue weighted by atomic mass is 9.64. The lowest BCUT2D eigenvalue weighted by molar-refractivity contribution is -0.462. The van der Waals surface area contributed by atoms with Crippen molar-refractivity contribution in [1.29, 1.82) is 0 Å². The number of carbonyl (C=O) groups excluding carboxylic acids is 1. The first-order valence-corrected chi connectivity index (χ1v) is 12.4. The molecule has 0 saturated carbocycles. The minimum absolute atomic E-state index is 0. The highest BCUT2D eigenvalue weighted by Crippen LogP contribution is 2.50. The molecule has 196 valence electrons. The van der Waals surface area contributed by atoms with Gasteiger partial charge in [0, 0.05) is 42.9 Å². The van der Waals surface area contributed by atoms with Crippen molar-refractivity contribution in [2.24, 2.45) is 5.73 Å². The smallest absolute Gasteiger partial charge is 0.338 e. The Morgan fingerprint density at radius 3 is 2.27 bits per heavy atom. The van der Waals surface area contributed by atoms with Crippen LogP contribution >= 0.6 is 0 Å². The second-order valence-corrected chi connectivity index (χ2v) is 11.4. The molecule has 0 aromatic heterocycles. The molecule has 2 aliphatic carbocycles. The molecule has 0 bridgehead atoms. The van der Waals surface area contributed by atoms with E-state index in [2.05, 4.69) is 87.9 Å². The molecule has 0 atom stereocenters. The average molecular weight is 501 g/mol. The standard InChI is InChI=1S/C31H38N3O2.CH4/c1-30(2,32)19-36-29(35)21-11-9-20(10-12-21)28-24-15-13-22(33(5)6)17-26(24)31(3,4)27-18-23(34(7)8)14-16-25(27)28;/h9-18H,19,32H2,1-8H3;1H4/q+1;. The van der Waals surface area contributed by atoms with Crippen LogP contribution < -0.4 is 10.6 Å². The summed E-state index contributed by atoms with van der Waals surface area (Å²) in [7, 11) is 8.29. The quantitative estimate of drug-likeness (QED) is 0.430. The molecule has 5 heteroatoms. The summed E-state index contributed by atoms with van der Waals surface area (Å²) in [5.74, 6) is -0.359. The van der Waals surface area contributed by atoms with Gasteiger partial charge in [-0.2, -0.15) is 0 Å². The first-order valence-electron chi connectivity index (χ1n) is 12.4. The minimum Gasteiger partial charge on any atom is -0.460 e. The lowest BCUT2D eigenvalue weighted by Gasteiger charge is -2.39. The predicted octanol–water partition coefficient (Wildman–Crippen LogP) is 5.59. The number of anilines is 1. The summed E-state index contributed by atoms with van der Waals surface area (Å²) in [5, 5.41) is 0. The number of hydrogen-bond donors (Lipinski definition) is 1. The third-order valence-corrected chi connectivity index (χ3v) is 6.91. The molecule has 0 unspecified atom stereocenters. The zero-order chi connectivity index (χ0) is 26.4. The molecule has 0 heterocycles. The molecular weight excluding hydrogens is 458 g/mol. The van der Waals surface area contributed by atoms with E-state index in [1.165, 1.54) is 39.2 Å². The van der Waals surface area contributed by atoms with E-state index in [9.17, 15) is 4.79 Å². The number of allylic oxidation sites excluding steroid dienone is 5. The molecule has 0 amide bonds. The van der Waals surface area contributed by atoms with Gasteiger partial charge in [0.25, 0.3) is 0 Å². The van der Waals surface area contributed by atoms with Gasteiger partial charge in [-0.3, -0.25) is 0 Å². The molecule has 37 heavy (non-hydrogen) atoms. The van der Waals surface area contributed by atoms with Crippen molar-refractivity contribution in [1.82, 2.24) is 0 Å². The fourth-order valence-electron chi connectivity index (χ4n) is 4.80. The SMILES string of the molecule is C.CN(C)c1ccc2c(c1)C(C)(C)C1=CC(=[N+](C)C)C=CC1=C2c1ccc(C(=O)OCC(C)(C)N)cc1. The number of benzene rings is 2. The topological polar surface area (TPSA) is 58.6 Å². The second-order valence-electron chi connectivity index (χ2n) is 11.4. The minimum atomic E-state index is -0.565. The van der Waals surface area contributed by atoms with Crippen molar-refractivity contribution in [2.45, 2.75) is 46.1 Å². The van der Waals surface area contributed by atoms with Crippen molar-refractivity contribution in [3.8, 4) is 0 Å². The Morgan fingerprint density at radius 2 is 1.70 bits per heavy atom. The summed E-state index contributed by atoms with van der Waals surface area (Å²) in [5.41, 5.74) is 15.4. The third kappa shape index (κ3) is 5.47. The van der Waals surface area contributed by atoms with Crippen molar-refractivity contribution < 1.29 is 14.1 Å². The maximum atomic E-state index is 12.6. The predicted molar refractivity (Wildman–Crippen MR) is 156 cm³/mol. The van der Waals surface area contributed by atoms with E-state index in [-0.39, 0.29) is 25.4 Å². The van der Waals surface area contributed by atoms with Crippen LogP contribution in [-0.2, 0) is 10.2 Å². The van der Waals surface area contributed by atoms with Gasteiger partial charge in [-0.05, 0) is 77.6 Å². The van der Waals surface area contributed by atoms with Crippen molar-refractivity contribution in [3.05, 3.63) is 94.1 Å². The Balaban J connectivity index is 0.00000380. The highest BCUT2D eigenvalue weighted by molar-refractivity contribution is 6.07. The van der Waals surface area contributed by atoms with E-state index >= 15 is 0 Å². The van der Waals surface area contributed by atoms with Gasteiger partial charge >= 0.3 is 5.97 Å². The van der Waals surface area contributed by atoms with E-state index in [1.807, 2.05) is 38.1 Å². The third-order valence-electron chi connectivity index (χ3n) is 6.91. The number of esters is 1. The second kappa shape index (κ2) is 10.1. The first kappa shape index (κ1) is 28.1. The van der Waals surface area contributed by atoms with Gasteiger partial charge in [-0.25, -0.2) is 9.37 Å². The van der Waals surface area contributed by atoms with Gasteiger partial charge in [0.1, 0.15) is 20.7 Å². The molecule has 2 aliphatic rings. The highest BCUT2D eigenvalue weighted by atomic mass is 16.5. The zero-order valence-corrected chi connectivity index (χ0v) is 22.8. The normalized spacial score (nSPS) is 15.8. The van der Waals surface area contributed by atoms with Gasteiger partial charge in [-0.1, -0.05) is 39.5 Å². The average Bonchev–Trinajstić information content (AvgIpc) is 2.82. The molecule has 2 aromatic carbocycles. The number of fused-ring (bicyclic) bond motifs is 2. The maximum absolute atomic E-state index is 12.6. The van der Waals surface area contributed by atoms with Gasteiger partial charge in [0.15, 0.2) is 5.71 Å². The van der Waals surface area contributed by atoms with E-state index in [1.54, 1.807) is 0 Å². The fourth-order valence-corrected chi connectivity index (χ4v) is 4.80. The largest absolute Gasteiger partial charge is 0.460 e. The van der Waals surface area contributed by atoms with Gasteiger partial charge < -0.3 is 15.4 Å². The van der Waals surface area contributed by atoms with Gasteiger partial charge in [-0.15, -0.1) is 0 Å². The summed E-state index contributed by atoms with van der Waals surface area (Å²) < 4.78 is 7.55. The van der Waals surface area contributed by atoms with E-state index < -0.39 is 5.54 Å². The lowest BCUT2D eigenvalue weighted by Crippen LogP contribution is -2.38. The van der Waals surface area contributed by atoms with Crippen LogP contribution in [0.1, 0.15) is 62.2 Å². The van der Waals surface area contributed by atoms with Crippen LogP contribution in [0.3, 0.4) is 0 Å². The molecule has 0 radical (unpaired) electrons. The summed E-state index contributed by atoms with van der Waals surface area (Å²) in [6, 6.07) is 14.4. The van der Waals surface area contributed by atoms with Crippen molar-refractivity contribution in [3.63, 3.8) is 0 Å². The van der Waals surface area contributed by atoms with Crippen LogP contribution in [0.2, 0.25) is 0 Å². The van der Waals surface area contributed by atoms with Crippen LogP contribution in [0.5, 0.6) is 0 Å². The molecule has 2 N–H and O–H groups in total. The molecule has 0 fully saturated rings. The Hall–Kier alpha value is -3.44. The molecular formula is C32H42N3O2+. The van der Waals surface area contributed by atoms with Gasteiger partial charge in [0.2, 0.25) is 0 Å². The number of carbonyl (C=O) groups is 1. The van der Waals surface area contributed by atoms with Crippen LogP contribution in [0.4, 0.5) is 5.69 Å². The maximum Gasteiger partial charge on any atom is 0.338 e. The highest BCUT2D eigenvalue weighted by Gasteiger charge is 2.38. The molecule has 0 spiro atoms. The summed E-state index contributed by atoms with van der Waals surface area (Å²) in [6.45, 7) is 8.45. The Kier molecular flexibility index (Phi) is 7.71. The summed E-state index contributed by atoms with van der Waals surface area (Å²) >= 11 is 0. The van der Waals surface area contributed by atoms with Crippen LogP contribution in [-0.4, -0.2) is 56.6 Å². The summed E-state index contributed by atoms with van der Waals surface area (Å²) in [4.78, 5) is 14.7. The first-order chi connectivity index (χ1) is 16.8. The van der Waals surface area contributed by atoms with Crippen LogP contribution in [0.25, 0.3) is 5.57 Å². The molecule has 2 aromatic rings. The summed E-state index contributed by atoms with van der Waals surface area (Å²) in [6.07, 6.45) is 6.71. The van der Waals surface area contributed by atoms with Crippen molar-refractivity contribution in [2.75, 3.05) is 39.7 Å². The van der Waals surface area contributed by atoms with E-state index in [0.29, 0.717) is 5.56 Å². The van der Waals surface area contributed by atoms with E-state index in [4.69, 9.17) is 10.5 Å². The van der Waals surface area contributed by atoms with Crippen LogP contribution in [0, 0.1) is 0 Å². The monoisotopic (exact) mass is 500 g/mol. The fraction of sp³-hybridized carbons (Fsp3) is 0.375. The molecule has 4 rings (SSSR count). The molecule has 0 saturated heterocycles. The number of hydrogen-bond acceptors (Lipinski definition) is 4. The number of nitrogens with zero attached hydrogens (tertiary/aromatic N) is 2. The zero-order valence-electron chi connectivity index (χ0n) is 22.8. The van der Waals surface area contributed by atoms with E-state index in [0.717, 1.165) is 5.56 Å². The Bertz CT molecular complexity index is 1330. The number of ether oxygens (including phenoxy) is 1. The Labute approximate surface area is 222 Å². The number of rotatable bonds is 5. The van der Waals surface area contributed by atoms with Crippen molar-refractivity contribution >= 4 is 22.9 Å². The molecule has 5 nitrogen and oxygen atoms in total. The van der Waals surface area contributed by atoms with Gasteiger partial charge in [0.05, 0.1) is 5.56 Å². The van der Waals surface area contributed by atoms with Crippen LogP contribution in [0.15, 0.2) is 71.8 Å².